The van der Waals surface area contributed by atoms with Crippen LogP contribution in [0.15, 0.2) is 60.7 Å². The molecule has 0 saturated heterocycles. The van der Waals surface area contributed by atoms with E-state index < -0.39 is 16.8 Å². The van der Waals surface area contributed by atoms with Crippen LogP contribution >= 0.6 is 0 Å². The summed E-state index contributed by atoms with van der Waals surface area (Å²) in [6.07, 6.45) is -0.267. The van der Waals surface area contributed by atoms with E-state index in [0.29, 0.717) is 0 Å². The van der Waals surface area contributed by atoms with Crippen LogP contribution in [0.25, 0.3) is 0 Å². The van der Waals surface area contributed by atoms with Crippen molar-refractivity contribution in [1.82, 2.24) is 0 Å². The van der Waals surface area contributed by atoms with Crippen molar-refractivity contribution in [3.8, 4) is 0 Å². The topological polar surface area (TPSA) is 224 Å². The summed E-state index contributed by atoms with van der Waals surface area (Å²) in [4.78, 5) is 72.6. The third-order valence-corrected chi connectivity index (χ3v) is 2.40. The first-order valence-corrected chi connectivity index (χ1v) is 8.33. The number of aliphatic hydroxyl groups is 1. The number of methoxy groups -OCH3 is 1. The number of aldehydes is 2. The molecular formula is C22H30N2O12. The number of rotatable bonds is 4. The van der Waals surface area contributed by atoms with Crippen LogP contribution in [0, 0.1) is 10.1 Å². The highest BCUT2D eigenvalue weighted by Gasteiger charge is 1.98. The predicted molar refractivity (Wildman–Crippen MR) is 128 cm³/mol. The largest absolute Gasteiger partial charge is 0.483 e. The lowest BCUT2D eigenvalue weighted by Crippen LogP contribution is -2.10. The Morgan fingerprint density at radius 3 is 1.47 bits per heavy atom. The average molecular weight is 514 g/mol. The summed E-state index contributed by atoms with van der Waals surface area (Å²) in [5, 5.41) is 26.4. The minimum Gasteiger partial charge on any atom is -0.483 e. The number of non-ortho nitro benzene ring substituents is 1. The molecule has 0 aromatic heterocycles. The van der Waals surface area contributed by atoms with E-state index in [-0.39, 0.29) is 45.7 Å². The number of benzene rings is 2. The van der Waals surface area contributed by atoms with Crippen LogP contribution in [0.3, 0.4) is 0 Å². The lowest BCUT2D eigenvalue weighted by molar-refractivity contribution is -0.384. The number of ether oxygens (including phenoxy) is 1. The van der Waals surface area contributed by atoms with Gasteiger partial charge in [0.2, 0.25) is 0 Å². The second-order valence-corrected chi connectivity index (χ2v) is 4.40. The van der Waals surface area contributed by atoms with Gasteiger partial charge in [-0.1, -0.05) is 51.3 Å². The summed E-state index contributed by atoms with van der Waals surface area (Å²) in [5.41, 5.74) is 0.872. The fourth-order valence-corrected chi connectivity index (χ4v) is 1.27. The van der Waals surface area contributed by atoms with Gasteiger partial charge in [-0.05, 0) is 12.1 Å². The van der Waals surface area contributed by atoms with Crippen LogP contribution in [0.4, 0.5) is 16.2 Å². The maximum absolute atomic E-state index is 10.6. The van der Waals surface area contributed by atoms with Crippen molar-refractivity contribution in [2.24, 2.45) is 0 Å². The zero-order valence-electron chi connectivity index (χ0n) is 17.9. The molecule has 36 heavy (non-hydrogen) atoms. The number of carbonyl (C=O) groups excluding carboxylic acids is 6. The van der Waals surface area contributed by atoms with Gasteiger partial charge >= 0.3 is 12.2 Å². The number of anilines is 1. The van der Waals surface area contributed by atoms with Crippen LogP contribution in [-0.2, 0) is 33.5 Å². The Hall–Kier alpha value is -5.07. The van der Waals surface area contributed by atoms with E-state index >= 15 is 0 Å². The van der Waals surface area contributed by atoms with Gasteiger partial charge in [0.05, 0.1) is 12.0 Å². The first-order chi connectivity index (χ1) is 16.3. The number of nitro benzene ring substituents is 1. The van der Waals surface area contributed by atoms with Gasteiger partial charge in [0.25, 0.3) is 17.9 Å². The van der Waals surface area contributed by atoms with E-state index in [9.17, 15) is 19.7 Å². The number of Topliss-reactive ketones (excluding diaryl/α,β-unsaturated/α-hetero) is 1. The summed E-state index contributed by atoms with van der Waals surface area (Å²) < 4.78 is 4.40. The van der Waals surface area contributed by atoms with Crippen molar-refractivity contribution >= 4 is 48.4 Å². The maximum Gasteiger partial charge on any atom is 0.411 e. The van der Waals surface area contributed by atoms with Gasteiger partial charge in [0.1, 0.15) is 0 Å². The van der Waals surface area contributed by atoms with Crippen molar-refractivity contribution in [3.05, 3.63) is 70.8 Å². The molecule has 0 aliphatic rings. The highest BCUT2D eigenvalue weighted by molar-refractivity contribution is 6.50. The Bertz CT molecular complexity index is 844. The summed E-state index contributed by atoms with van der Waals surface area (Å²) in [6.45, 7) is -0.250. The molecule has 0 aliphatic heterocycles. The van der Waals surface area contributed by atoms with Gasteiger partial charge in [-0.2, -0.15) is 9.59 Å². The van der Waals surface area contributed by atoms with E-state index in [4.69, 9.17) is 34.2 Å². The van der Waals surface area contributed by atoms with Gasteiger partial charge in [0, 0.05) is 24.9 Å². The van der Waals surface area contributed by atoms with Crippen molar-refractivity contribution in [2.75, 3.05) is 19.5 Å². The van der Waals surface area contributed by atoms with Gasteiger partial charge in [-0.25, -0.2) is 4.79 Å². The summed E-state index contributed by atoms with van der Waals surface area (Å²) in [7, 11) is 2.33. The quantitative estimate of drug-likeness (QED) is 0.176. The summed E-state index contributed by atoms with van der Waals surface area (Å²) in [5.74, 6) is -1.02. The monoisotopic (exact) mass is 514 g/mol. The van der Waals surface area contributed by atoms with Gasteiger partial charge in [-0.15, -0.1) is 0 Å². The third-order valence-electron chi connectivity index (χ3n) is 2.40. The molecule has 2 aromatic rings. The fraction of sp³-hybridized carbons (Fsp3) is 0.182. The third kappa shape index (κ3) is 36.3. The second kappa shape index (κ2) is 37.3. The fourth-order valence-electron chi connectivity index (χ4n) is 1.27. The van der Waals surface area contributed by atoms with E-state index in [0.717, 1.165) is 12.8 Å². The normalized spacial score (nSPS) is 6.75. The van der Waals surface area contributed by atoms with Crippen molar-refractivity contribution in [2.45, 2.75) is 14.9 Å². The first-order valence-electron chi connectivity index (χ1n) is 8.33. The van der Waals surface area contributed by atoms with Gasteiger partial charge in [0.15, 0.2) is 12.6 Å². The van der Waals surface area contributed by atoms with Crippen LogP contribution in [0.2, 0.25) is 0 Å². The molecule has 0 heterocycles. The molecule has 14 heteroatoms. The zero-order chi connectivity index (χ0) is 27.2. The van der Waals surface area contributed by atoms with Crippen LogP contribution < -0.4 is 5.32 Å². The number of nitrogens with one attached hydrogen (secondary N) is 1. The number of para-hydroxylation sites is 2. The molecule has 0 aliphatic carbocycles. The molecule has 1 amide bonds. The highest BCUT2D eigenvalue weighted by Crippen LogP contribution is 2.07. The number of nitrogens with zero attached hydrogens (tertiary/aromatic N) is 1. The highest BCUT2D eigenvalue weighted by atomic mass is 16.6. The molecule has 0 spiro atoms. The molecule has 0 radical (unpaired) electrons. The minimum atomic E-state index is -1.02. The van der Waals surface area contributed by atoms with E-state index in [2.05, 4.69) is 10.1 Å². The molecule has 0 atom stereocenters. The number of nitro groups is 1. The molecule has 2 aromatic carbocycles. The number of hydrogen-bond donors (Lipinski definition) is 3. The Morgan fingerprint density at radius 1 is 0.917 bits per heavy atom. The average Bonchev–Trinajstić information content (AvgIpc) is 2.87. The van der Waals surface area contributed by atoms with Gasteiger partial charge in [-0.3, -0.25) is 34.6 Å². The number of ketones is 1. The Labute approximate surface area is 207 Å². The van der Waals surface area contributed by atoms with Crippen LogP contribution in [-0.4, -0.2) is 66.4 Å². The SMILES string of the molecule is C.C.CO.COC(=O)Nc1ccccc1.O=C=O.O=CC(=O)C=O.O=CO.O=[N+]([O-])c1ccccc1. The van der Waals surface area contributed by atoms with Crippen molar-refractivity contribution in [1.29, 1.82) is 0 Å². The second-order valence-electron chi connectivity index (χ2n) is 4.40. The standard InChI is InChI=1S/C8H9NO2.C6H5NO2.C3H2O3.CH2O2.CO2.CH4O.2CH4/c1-11-8(10)9-7-5-3-2-4-6-7;8-7(9)6-4-2-1-3-5-6;4-1-3(6)2-5;2*2-1-3;1-2;;/h2-6H,1H3,(H,9,10);1-5H;1-2H;1H,(H,2,3);;2H,1H3;2*1H4. The molecule has 14 nitrogen and oxygen atoms in total. The Morgan fingerprint density at radius 2 is 1.25 bits per heavy atom. The number of carboxylic acid groups (broad SMARTS) is 1. The molecule has 0 bridgehead atoms. The number of amides is 1. The van der Waals surface area contributed by atoms with E-state index in [1.165, 1.54) is 19.2 Å². The van der Waals surface area contributed by atoms with Crippen LogP contribution in [0.5, 0.6) is 0 Å². The molecule has 200 valence electrons. The predicted octanol–water partition coefficient (Wildman–Crippen LogP) is 2.41. The lowest BCUT2D eigenvalue weighted by atomic mass is 10.3. The Balaban J connectivity index is -0.0000000818. The Kier molecular flexibility index (Phi) is 46.1. The number of hydrogen-bond acceptors (Lipinski definition) is 11. The maximum atomic E-state index is 10.6. The van der Waals surface area contributed by atoms with E-state index in [1.807, 2.05) is 18.2 Å². The number of aliphatic hydroxyl groups excluding tert-OH is 1. The number of carbonyl (C=O) groups is 5. The molecule has 0 saturated carbocycles. The van der Waals surface area contributed by atoms with Crippen molar-refractivity contribution < 1.29 is 53.4 Å². The lowest BCUT2D eigenvalue weighted by Gasteiger charge is -2.01. The molecule has 2 rings (SSSR count). The first kappa shape index (κ1) is 44.6. The molecule has 3 N–H and O–H groups in total. The summed E-state index contributed by atoms with van der Waals surface area (Å²) >= 11 is 0. The zero-order valence-corrected chi connectivity index (χ0v) is 17.9. The molecule has 0 unspecified atom stereocenters. The molecule has 0 fully saturated rings. The van der Waals surface area contributed by atoms with Crippen molar-refractivity contribution in [3.63, 3.8) is 0 Å². The van der Waals surface area contributed by atoms with Crippen LogP contribution in [0.1, 0.15) is 14.9 Å². The molecular weight excluding hydrogens is 484 g/mol. The van der Waals surface area contributed by atoms with E-state index in [1.54, 1.807) is 30.3 Å². The minimum absolute atomic E-state index is 0. The summed E-state index contributed by atoms with van der Waals surface area (Å²) in [6, 6.07) is 17.1. The van der Waals surface area contributed by atoms with Gasteiger partial charge < -0.3 is 14.9 Å². The smallest absolute Gasteiger partial charge is 0.411 e.